The summed E-state index contributed by atoms with van der Waals surface area (Å²) in [5.41, 5.74) is 2.83. The summed E-state index contributed by atoms with van der Waals surface area (Å²) in [4.78, 5) is 0. The van der Waals surface area contributed by atoms with Gasteiger partial charge in [0.15, 0.2) is 0 Å². The number of hydrogen-bond acceptors (Lipinski definition) is 5. The highest BCUT2D eigenvalue weighted by atomic mass is 79.9. The molecule has 3 rings (SSSR count). The van der Waals surface area contributed by atoms with Crippen LogP contribution >= 0.6 is 27.5 Å². The van der Waals surface area contributed by atoms with Crippen molar-refractivity contribution in [1.29, 1.82) is 0 Å². The van der Waals surface area contributed by atoms with Crippen LogP contribution in [0, 0.1) is 0 Å². The van der Waals surface area contributed by atoms with Crippen molar-refractivity contribution >= 4 is 27.5 Å². The van der Waals surface area contributed by atoms with E-state index in [2.05, 4.69) is 31.6 Å². The van der Waals surface area contributed by atoms with Gasteiger partial charge in [-0.3, -0.25) is 0 Å². The van der Waals surface area contributed by atoms with Crippen molar-refractivity contribution in [2.45, 2.75) is 18.9 Å². The predicted octanol–water partition coefficient (Wildman–Crippen LogP) is 2.51. The first-order chi connectivity index (χ1) is 8.74. The van der Waals surface area contributed by atoms with E-state index >= 15 is 0 Å². The molecule has 1 aromatic carbocycles. The molecule has 1 unspecified atom stereocenters. The van der Waals surface area contributed by atoms with Crippen LogP contribution in [0.5, 0.6) is 5.75 Å². The SMILES string of the molecule is OC(Cc1cc(Br)cc2c1OCC2)c1csnn1. The Hall–Kier alpha value is -0.980. The number of hydrogen-bond donors (Lipinski definition) is 1. The molecule has 94 valence electrons. The summed E-state index contributed by atoms with van der Waals surface area (Å²) in [7, 11) is 0. The Morgan fingerprint density at radius 3 is 3.17 bits per heavy atom. The van der Waals surface area contributed by atoms with E-state index in [9.17, 15) is 5.11 Å². The zero-order valence-electron chi connectivity index (χ0n) is 9.47. The molecule has 0 amide bonds. The summed E-state index contributed by atoms with van der Waals surface area (Å²) >= 11 is 4.74. The van der Waals surface area contributed by atoms with Crippen LogP contribution in [0.2, 0.25) is 0 Å². The first kappa shape index (κ1) is 12.1. The molecule has 2 aromatic rings. The molecular weight excluding hydrogens is 316 g/mol. The standard InChI is InChI=1S/C12H11BrN2O2S/c13-9-3-7-1-2-17-12(7)8(4-9)5-11(16)10-6-18-15-14-10/h3-4,6,11,16H,1-2,5H2. The van der Waals surface area contributed by atoms with Crippen LogP contribution in [0.4, 0.5) is 0 Å². The molecule has 2 heterocycles. The summed E-state index contributed by atoms with van der Waals surface area (Å²) in [5.74, 6) is 0.917. The van der Waals surface area contributed by atoms with E-state index in [0.29, 0.717) is 18.7 Å². The van der Waals surface area contributed by atoms with E-state index in [-0.39, 0.29) is 0 Å². The lowest BCUT2D eigenvalue weighted by Crippen LogP contribution is -2.04. The van der Waals surface area contributed by atoms with E-state index < -0.39 is 6.10 Å². The average Bonchev–Trinajstić information content (AvgIpc) is 2.98. The van der Waals surface area contributed by atoms with Crippen molar-refractivity contribution in [3.8, 4) is 5.75 Å². The third-order valence-electron chi connectivity index (χ3n) is 2.96. The fraction of sp³-hybridized carbons (Fsp3) is 0.333. The maximum atomic E-state index is 10.1. The summed E-state index contributed by atoms with van der Waals surface area (Å²) < 4.78 is 10.4. The van der Waals surface area contributed by atoms with Gasteiger partial charge in [-0.2, -0.15) is 0 Å². The maximum absolute atomic E-state index is 10.1. The van der Waals surface area contributed by atoms with Gasteiger partial charge >= 0.3 is 0 Å². The molecule has 0 radical (unpaired) electrons. The van der Waals surface area contributed by atoms with Crippen molar-refractivity contribution in [1.82, 2.24) is 9.59 Å². The number of ether oxygens (including phenoxy) is 1. The molecule has 6 heteroatoms. The fourth-order valence-corrected chi connectivity index (χ4v) is 3.18. The summed E-state index contributed by atoms with van der Waals surface area (Å²) in [5, 5.41) is 15.8. The van der Waals surface area contributed by atoms with Crippen LogP contribution in [0.3, 0.4) is 0 Å². The van der Waals surface area contributed by atoms with E-state index in [1.165, 1.54) is 17.1 Å². The number of aliphatic hydroxyl groups is 1. The summed E-state index contributed by atoms with van der Waals surface area (Å²) in [6.45, 7) is 0.715. The number of aromatic nitrogens is 2. The van der Waals surface area contributed by atoms with Gasteiger partial charge in [0.05, 0.1) is 6.61 Å². The van der Waals surface area contributed by atoms with Crippen molar-refractivity contribution < 1.29 is 9.84 Å². The quantitative estimate of drug-likeness (QED) is 0.941. The van der Waals surface area contributed by atoms with E-state index in [0.717, 1.165) is 22.2 Å². The molecule has 1 N–H and O–H groups in total. The topological polar surface area (TPSA) is 55.2 Å². The molecular formula is C12H11BrN2O2S. The van der Waals surface area contributed by atoms with Crippen LogP contribution in [0.1, 0.15) is 22.9 Å². The minimum absolute atomic E-state index is 0.493. The fourth-order valence-electron chi connectivity index (χ4n) is 2.13. The summed E-state index contributed by atoms with van der Waals surface area (Å²) in [6, 6.07) is 4.07. The molecule has 1 atom stereocenters. The maximum Gasteiger partial charge on any atom is 0.125 e. The second-order valence-electron chi connectivity index (χ2n) is 4.20. The number of nitrogens with zero attached hydrogens (tertiary/aromatic N) is 2. The normalized spacial score (nSPS) is 15.2. The molecule has 0 bridgehead atoms. The highest BCUT2D eigenvalue weighted by Crippen LogP contribution is 2.35. The largest absolute Gasteiger partial charge is 0.493 e. The average molecular weight is 327 g/mol. The monoisotopic (exact) mass is 326 g/mol. The van der Waals surface area contributed by atoms with Gasteiger partial charge in [0, 0.05) is 22.7 Å². The van der Waals surface area contributed by atoms with Gasteiger partial charge in [0.25, 0.3) is 0 Å². The van der Waals surface area contributed by atoms with Gasteiger partial charge in [0.1, 0.15) is 17.5 Å². The number of benzene rings is 1. The molecule has 4 nitrogen and oxygen atoms in total. The second kappa shape index (κ2) is 4.95. The number of halogens is 1. The van der Waals surface area contributed by atoms with E-state index in [1.54, 1.807) is 5.38 Å². The molecule has 0 spiro atoms. The van der Waals surface area contributed by atoms with Gasteiger partial charge in [-0.05, 0) is 34.8 Å². The minimum Gasteiger partial charge on any atom is -0.493 e. The van der Waals surface area contributed by atoms with Gasteiger partial charge in [-0.1, -0.05) is 20.4 Å². The lowest BCUT2D eigenvalue weighted by Gasteiger charge is -2.12. The van der Waals surface area contributed by atoms with Crippen LogP contribution in [-0.4, -0.2) is 21.3 Å². The molecule has 1 aliphatic rings. The van der Waals surface area contributed by atoms with E-state index in [4.69, 9.17) is 4.74 Å². The predicted molar refractivity (Wildman–Crippen MR) is 71.9 cm³/mol. The second-order valence-corrected chi connectivity index (χ2v) is 5.73. The molecule has 18 heavy (non-hydrogen) atoms. The van der Waals surface area contributed by atoms with Gasteiger partial charge < -0.3 is 9.84 Å². The highest BCUT2D eigenvalue weighted by molar-refractivity contribution is 9.10. The lowest BCUT2D eigenvalue weighted by atomic mass is 10.0. The Morgan fingerprint density at radius 1 is 1.50 bits per heavy atom. The number of fused-ring (bicyclic) bond motifs is 1. The Morgan fingerprint density at radius 2 is 2.39 bits per heavy atom. The zero-order chi connectivity index (χ0) is 12.5. The third kappa shape index (κ3) is 2.28. The first-order valence-corrected chi connectivity index (χ1v) is 7.26. The third-order valence-corrected chi connectivity index (χ3v) is 3.94. The summed E-state index contributed by atoms with van der Waals surface area (Å²) in [6.07, 6.45) is 0.787. The molecule has 0 fully saturated rings. The molecule has 0 aliphatic carbocycles. The smallest absolute Gasteiger partial charge is 0.125 e. The van der Waals surface area contributed by atoms with Gasteiger partial charge in [0.2, 0.25) is 0 Å². The highest BCUT2D eigenvalue weighted by Gasteiger charge is 2.20. The Kier molecular flexibility index (Phi) is 3.32. The van der Waals surface area contributed by atoms with Crippen LogP contribution in [0.15, 0.2) is 22.0 Å². The van der Waals surface area contributed by atoms with Crippen LogP contribution in [-0.2, 0) is 12.8 Å². The van der Waals surface area contributed by atoms with Gasteiger partial charge in [-0.25, -0.2) is 0 Å². The Bertz CT molecular complexity index is 559. The Labute approximate surface area is 117 Å². The van der Waals surface area contributed by atoms with Crippen molar-refractivity contribution in [2.24, 2.45) is 0 Å². The van der Waals surface area contributed by atoms with Crippen molar-refractivity contribution in [2.75, 3.05) is 6.61 Å². The number of rotatable bonds is 3. The van der Waals surface area contributed by atoms with E-state index in [1.807, 2.05) is 6.07 Å². The minimum atomic E-state index is -0.633. The van der Waals surface area contributed by atoms with Crippen molar-refractivity contribution in [3.63, 3.8) is 0 Å². The molecule has 1 aliphatic heterocycles. The van der Waals surface area contributed by atoms with Gasteiger partial charge in [-0.15, -0.1) is 5.10 Å². The molecule has 0 saturated heterocycles. The molecule has 0 saturated carbocycles. The van der Waals surface area contributed by atoms with Crippen LogP contribution < -0.4 is 4.74 Å². The number of aliphatic hydroxyl groups excluding tert-OH is 1. The van der Waals surface area contributed by atoms with Crippen molar-refractivity contribution in [3.05, 3.63) is 38.8 Å². The van der Waals surface area contributed by atoms with Crippen LogP contribution in [0.25, 0.3) is 0 Å². The Balaban J connectivity index is 1.89. The lowest BCUT2D eigenvalue weighted by molar-refractivity contribution is 0.172. The first-order valence-electron chi connectivity index (χ1n) is 5.63. The molecule has 1 aromatic heterocycles. The zero-order valence-corrected chi connectivity index (χ0v) is 11.9.